The number of nitrogens with two attached hydrogens (primary N) is 1. The van der Waals surface area contributed by atoms with Gasteiger partial charge in [0.15, 0.2) is 0 Å². The Labute approximate surface area is 159 Å². The first kappa shape index (κ1) is 16.7. The fraction of sp³-hybridized carbons (Fsp3) is 0.263. The van der Waals surface area contributed by atoms with Gasteiger partial charge in [-0.1, -0.05) is 0 Å². The predicted molar refractivity (Wildman–Crippen MR) is 103 cm³/mol. The number of nitrogens with one attached hydrogen (secondary N) is 1. The van der Waals surface area contributed by atoms with E-state index < -0.39 is 0 Å². The minimum absolute atomic E-state index is 0.169. The van der Waals surface area contributed by atoms with E-state index in [0.29, 0.717) is 25.5 Å². The highest BCUT2D eigenvalue weighted by Gasteiger charge is 2.28. The highest BCUT2D eigenvalue weighted by atomic mass is 19.1. The highest BCUT2D eigenvalue weighted by molar-refractivity contribution is 6.06. The molecule has 0 spiro atoms. The average Bonchev–Trinajstić information content (AvgIpc) is 3.38. The fourth-order valence-corrected chi connectivity index (χ4v) is 3.93. The second-order valence-electron chi connectivity index (χ2n) is 7.10. The Bertz CT molecular complexity index is 1230. The summed E-state index contributed by atoms with van der Waals surface area (Å²) in [6.07, 6.45) is 4.17. The molecule has 0 radical (unpaired) electrons. The van der Waals surface area contributed by atoms with Crippen molar-refractivity contribution in [3.63, 3.8) is 0 Å². The number of anilines is 1. The van der Waals surface area contributed by atoms with E-state index in [9.17, 15) is 9.18 Å². The second-order valence-corrected chi connectivity index (χ2v) is 7.10. The van der Waals surface area contributed by atoms with E-state index in [1.54, 1.807) is 18.5 Å². The molecular formula is C19H18FN7O. The van der Waals surface area contributed by atoms with Gasteiger partial charge in [0.05, 0.1) is 46.2 Å². The Morgan fingerprint density at radius 3 is 2.93 bits per heavy atom. The minimum atomic E-state index is -0.303. The first-order valence-corrected chi connectivity index (χ1v) is 9.04. The molecule has 1 aromatic carbocycles. The van der Waals surface area contributed by atoms with Gasteiger partial charge in [-0.3, -0.25) is 9.89 Å². The zero-order chi connectivity index (χ0) is 19.4. The number of halogens is 1. The number of benzene rings is 1. The molecule has 9 heteroatoms. The van der Waals surface area contributed by atoms with Crippen molar-refractivity contribution in [1.29, 1.82) is 0 Å². The maximum Gasteiger partial charge on any atom is 0.225 e. The smallest absolute Gasteiger partial charge is 0.225 e. The van der Waals surface area contributed by atoms with Gasteiger partial charge < -0.3 is 15.2 Å². The summed E-state index contributed by atoms with van der Waals surface area (Å²) in [6, 6.07) is 4.67. The van der Waals surface area contributed by atoms with E-state index in [-0.39, 0.29) is 17.6 Å². The number of H-pyrrole nitrogens is 1. The third-order valence-corrected chi connectivity index (χ3v) is 5.38. The van der Waals surface area contributed by atoms with E-state index >= 15 is 0 Å². The molecule has 1 aliphatic rings. The van der Waals surface area contributed by atoms with Gasteiger partial charge in [-0.2, -0.15) is 5.10 Å². The summed E-state index contributed by atoms with van der Waals surface area (Å²) in [7, 11) is 0. The van der Waals surface area contributed by atoms with Crippen LogP contribution in [0.3, 0.4) is 0 Å². The largest absolute Gasteiger partial charge is 0.369 e. The van der Waals surface area contributed by atoms with E-state index in [1.807, 2.05) is 16.4 Å². The van der Waals surface area contributed by atoms with Crippen LogP contribution in [0.2, 0.25) is 0 Å². The summed E-state index contributed by atoms with van der Waals surface area (Å²) < 4.78 is 15.7. The molecule has 3 aromatic heterocycles. The van der Waals surface area contributed by atoms with Gasteiger partial charge >= 0.3 is 0 Å². The van der Waals surface area contributed by atoms with Gasteiger partial charge in [-0.25, -0.2) is 14.4 Å². The number of carbonyl (C=O) groups is 1. The van der Waals surface area contributed by atoms with E-state index in [4.69, 9.17) is 5.73 Å². The molecule has 3 N–H and O–H groups in total. The lowest BCUT2D eigenvalue weighted by Crippen LogP contribution is -2.28. The Kier molecular flexibility index (Phi) is 3.58. The lowest BCUT2D eigenvalue weighted by Gasteiger charge is -2.17. The molecule has 1 amide bonds. The van der Waals surface area contributed by atoms with Gasteiger partial charge in [0.2, 0.25) is 11.9 Å². The average molecular weight is 379 g/mol. The number of fused-ring (bicyclic) bond motifs is 3. The van der Waals surface area contributed by atoms with Crippen molar-refractivity contribution in [2.45, 2.75) is 13.3 Å². The Morgan fingerprint density at radius 1 is 1.32 bits per heavy atom. The Morgan fingerprint density at radius 2 is 2.18 bits per heavy atom. The van der Waals surface area contributed by atoms with E-state index in [1.165, 1.54) is 12.1 Å². The molecule has 0 bridgehead atoms. The zero-order valence-electron chi connectivity index (χ0n) is 15.2. The minimum Gasteiger partial charge on any atom is -0.369 e. The predicted octanol–water partition coefficient (Wildman–Crippen LogP) is 2.06. The lowest BCUT2D eigenvalue weighted by molar-refractivity contribution is -0.121. The molecule has 1 fully saturated rings. The quantitative estimate of drug-likeness (QED) is 0.567. The molecular weight excluding hydrogens is 361 g/mol. The van der Waals surface area contributed by atoms with Gasteiger partial charge in [0.1, 0.15) is 5.82 Å². The number of hydrogen-bond acceptors (Lipinski definition) is 5. The molecule has 1 saturated heterocycles. The Balaban J connectivity index is 1.61. The van der Waals surface area contributed by atoms with Crippen molar-refractivity contribution in [3.05, 3.63) is 42.1 Å². The lowest BCUT2D eigenvalue weighted by atomic mass is 10.1. The molecule has 28 heavy (non-hydrogen) atoms. The van der Waals surface area contributed by atoms with Crippen molar-refractivity contribution >= 4 is 33.8 Å². The van der Waals surface area contributed by atoms with Crippen LogP contribution in [-0.4, -0.2) is 43.7 Å². The van der Waals surface area contributed by atoms with Crippen molar-refractivity contribution < 1.29 is 9.18 Å². The number of carbonyl (C=O) groups excluding carboxylic acids is 1. The summed E-state index contributed by atoms with van der Waals surface area (Å²) in [5.41, 5.74) is 9.43. The van der Waals surface area contributed by atoms with Gasteiger partial charge in [-0.05, 0) is 31.5 Å². The van der Waals surface area contributed by atoms with Crippen LogP contribution in [0.25, 0.3) is 27.6 Å². The Hall–Kier alpha value is -3.49. The van der Waals surface area contributed by atoms with Crippen LogP contribution in [0.1, 0.15) is 12.1 Å². The maximum atomic E-state index is 13.8. The molecule has 1 aliphatic heterocycles. The second kappa shape index (κ2) is 6.01. The number of hydrogen-bond donors (Lipinski definition) is 2. The van der Waals surface area contributed by atoms with Crippen molar-refractivity contribution in [2.75, 3.05) is 18.0 Å². The number of rotatable bonds is 3. The van der Waals surface area contributed by atoms with Crippen LogP contribution < -0.4 is 10.6 Å². The standard InChI is InChI=1S/C19H18FN7O/c1-10-15(7-22-19(24-10)26-5-4-11(9-26)18(21)28)27-14-3-2-12(20)6-13(14)17-16(27)8-23-25-17/h2-3,6-8,11H,4-5,9H2,1H3,(H2,21,28)(H,23,25). The molecule has 0 aliphatic carbocycles. The van der Waals surface area contributed by atoms with E-state index in [0.717, 1.165) is 33.3 Å². The number of nitrogens with zero attached hydrogens (tertiary/aromatic N) is 5. The third kappa shape index (κ3) is 2.43. The zero-order valence-corrected chi connectivity index (χ0v) is 15.2. The molecule has 1 unspecified atom stereocenters. The topological polar surface area (TPSA) is 106 Å². The normalized spacial score (nSPS) is 17.1. The molecule has 4 aromatic rings. The van der Waals surface area contributed by atoms with Crippen molar-refractivity contribution in [1.82, 2.24) is 24.7 Å². The maximum absolute atomic E-state index is 13.8. The third-order valence-electron chi connectivity index (χ3n) is 5.38. The van der Waals surface area contributed by atoms with Crippen molar-refractivity contribution in [2.24, 2.45) is 11.7 Å². The fourth-order valence-electron chi connectivity index (χ4n) is 3.93. The monoisotopic (exact) mass is 379 g/mol. The molecule has 4 heterocycles. The summed E-state index contributed by atoms with van der Waals surface area (Å²) in [4.78, 5) is 22.6. The first-order valence-electron chi connectivity index (χ1n) is 9.04. The summed E-state index contributed by atoms with van der Waals surface area (Å²) >= 11 is 0. The van der Waals surface area contributed by atoms with Crippen LogP contribution in [0.15, 0.2) is 30.6 Å². The van der Waals surface area contributed by atoms with Crippen LogP contribution in [0.5, 0.6) is 0 Å². The SMILES string of the molecule is Cc1nc(N2CCC(C(N)=O)C2)ncc1-n1c2ccc(F)cc2c2[nH]ncc21. The molecule has 8 nitrogen and oxygen atoms in total. The number of aromatic amines is 1. The molecule has 142 valence electrons. The van der Waals surface area contributed by atoms with Gasteiger partial charge in [-0.15, -0.1) is 0 Å². The highest BCUT2D eigenvalue weighted by Crippen LogP contribution is 2.32. The first-order chi connectivity index (χ1) is 13.5. The number of primary amides is 1. The number of amides is 1. The van der Waals surface area contributed by atoms with Gasteiger partial charge in [0, 0.05) is 18.5 Å². The van der Waals surface area contributed by atoms with Crippen LogP contribution in [0, 0.1) is 18.7 Å². The van der Waals surface area contributed by atoms with E-state index in [2.05, 4.69) is 20.2 Å². The summed E-state index contributed by atoms with van der Waals surface area (Å²) in [5.74, 6) is -0.180. The van der Waals surface area contributed by atoms with Crippen molar-refractivity contribution in [3.8, 4) is 5.69 Å². The summed E-state index contributed by atoms with van der Waals surface area (Å²) in [6.45, 7) is 3.14. The number of aryl methyl sites for hydroxylation is 1. The number of aromatic nitrogens is 5. The van der Waals surface area contributed by atoms with Crippen LogP contribution in [-0.2, 0) is 4.79 Å². The van der Waals surface area contributed by atoms with Gasteiger partial charge in [0.25, 0.3) is 0 Å². The van der Waals surface area contributed by atoms with Crippen LogP contribution in [0.4, 0.5) is 10.3 Å². The molecule has 5 rings (SSSR count). The molecule has 1 atom stereocenters. The molecule has 0 saturated carbocycles. The van der Waals surface area contributed by atoms with Crippen LogP contribution >= 0.6 is 0 Å². The summed E-state index contributed by atoms with van der Waals surface area (Å²) in [5, 5.41) is 7.79.